The molecule has 12 heteroatoms. The van der Waals surface area contributed by atoms with Crippen LogP contribution >= 0.6 is 11.3 Å². The van der Waals surface area contributed by atoms with Crippen LogP contribution in [0.15, 0.2) is 47.5 Å². The van der Waals surface area contributed by atoms with E-state index in [4.69, 9.17) is 16.2 Å². The first-order chi connectivity index (χ1) is 25.7. The first-order valence-corrected chi connectivity index (χ1v) is 19.3. The number of aliphatic imine (C=N–C) groups is 1. The van der Waals surface area contributed by atoms with E-state index < -0.39 is 5.97 Å². The molecule has 4 heterocycles. The lowest BCUT2D eigenvalue weighted by atomic mass is 9.33. The smallest absolute Gasteiger partial charge is 0.355 e. The molecule has 0 unspecified atom stereocenters. The highest BCUT2D eigenvalue weighted by molar-refractivity contribution is 7.16. The number of aryl methyl sites for hydroxylation is 1. The molecule has 53 heavy (non-hydrogen) atoms. The Labute approximate surface area is 313 Å². The number of terminal acetylenes is 1. The molecule has 10 nitrogen and oxygen atoms in total. The van der Waals surface area contributed by atoms with Gasteiger partial charge in [0.1, 0.15) is 5.84 Å². The molecular formula is C41H44FN7O3S. The van der Waals surface area contributed by atoms with Crippen molar-refractivity contribution in [2.45, 2.75) is 76.5 Å². The summed E-state index contributed by atoms with van der Waals surface area (Å²) in [6.07, 6.45) is 13.9. The normalized spacial score (nSPS) is 21.7. The standard InChI is InChI=1S/C41H44FN7O3S/c1-4-5-8-17-48(3)25-40-22-41(23-40,24-40)28-15-16-32(30(42)21-28)52-19-10-14-33-35(38(50)51)45-39(53-33)49-18-9-12-29-26(2)36(46-47-37(29)49)44-34-20-27-11-6-7-13-31(27)43-34/h1,6-7,11,13,15-16,21H,5,8-10,12,14,17-20,22-25H2,2-3H3,(H,50,51)(H,43,44,46). The van der Waals surface area contributed by atoms with E-state index in [9.17, 15) is 9.90 Å². The number of unbranched alkanes of at least 4 members (excludes halogenated alkanes) is 1. The van der Waals surface area contributed by atoms with Gasteiger partial charge in [-0.25, -0.2) is 19.2 Å². The average molecular weight is 734 g/mol. The van der Waals surface area contributed by atoms with Crippen molar-refractivity contribution in [3.05, 3.63) is 81.1 Å². The molecule has 0 saturated heterocycles. The van der Waals surface area contributed by atoms with Gasteiger partial charge in [0.25, 0.3) is 0 Å². The van der Waals surface area contributed by atoms with Crippen LogP contribution < -0.4 is 15.0 Å². The van der Waals surface area contributed by atoms with E-state index in [-0.39, 0.29) is 29.3 Å². The van der Waals surface area contributed by atoms with E-state index >= 15 is 4.39 Å². The molecule has 2 aromatic carbocycles. The lowest BCUT2D eigenvalue weighted by Gasteiger charge is -2.72. The predicted octanol–water partition coefficient (Wildman–Crippen LogP) is 7.64. The number of aromatic nitrogens is 3. The van der Waals surface area contributed by atoms with Gasteiger partial charge in [-0.05, 0) is 112 Å². The summed E-state index contributed by atoms with van der Waals surface area (Å²) in [7, 11) is 2.16. The second kappa shape index (κ2) is 14.2. The van der Waals surface area contributed by atoms with Crippen LogP contribution in [-0.2, 0) is 24.7 Å². The number of hydrogen-bond acceptors (Lipinski definition) is 9. The van der Waals surface area contributed by atoms with Gasteiger partial charge in [0.2, 0.25) is 0 Å². The fraction of sp³-hybridized carbons (Fsp3) is 0.439. The van der Waals surface area contributed by atoms with Crippen molar-refractivity contribution in [3.63, 3.8) is 0 Å². The molecule has 2 bridgehead atoms. The number of fused-ring (bicyclic) bond motifs is 2. The number of nitrogens with zero attached hydrogens (tertiary/aromatic N) is 6. The Morgan fingerprint density at radius 3 is 2.81 bits per heavy atom. The number of anilines is 3. The molecule has 4 aromatic rings. The molecule has 9 rings (SSSR count). The minimum absolute atomic E-state index is 0.0299. The Morgan fingerprint density at radius 2 is 2.04 bits per heavy atom. The summed E-state index contributed by atoms with van der Waals surface area (Å²) < 4.78 is 21.1. The molecule has 2 aliphatic heterocycles. The van der Waals surface area contributed by atoms with E-state index in [1.807, 2.05) is 36.1 Å². The molecule has 3 saturated carbocycles. The second-order valence-corrected chi connectivity index (χ2v) is 16.3. The third kappa shape index (κ3) is 6.77. The number of benzene rings is 2. The summed E-state index contributed by atoms with van der Waals surface area (Å²) in [5.41, 5.74) is 5.79. The van der Waals surface area contributed by atoms with Gasteiger partial charge in [-0.1, -0.05) is 24.3 Å². The zero-order chi connectivity index (χ0) is 36.7. The fourth-order valence-corrected chi connectivity index (χ4v) is 10.1. The number of hydrogen-bond donors (Lipinski definition) is 2. The van der Waals surface area contributed by atoms with E-state index in [0.29, 0.717) is 52.9 Å². The highest BCUT2D eigenvalue weighted by Crippen LogP contribution is 2.73. The zero-order valence-corrected chi connectivity index (χ0v) is 31.1. The molecule has 2 N–H and O–H groups in total. The lowest BCUT2D eigenvalue weighted by Crippen LogP contribution is -2.67. The summed E-state index contributed by atoms with van der Waals surface area (Å²) in [6, 6.07) is 13.6. The Hall–Kier alpha value is -4.86. The molecule has 3 fully saturated rings. The van der Waals surface area contributed by atoms with Crippen molar-refractivity contribution in [1.82, 2.24) is 20.1 Å². The molecular weight excluding hydrogens is 690 g/mol. The molecule has 0 atom stereocenters. The average Bonchev–Trinajstić information content (AvgIpc) is 3.73. The van der Waals surface area contributed by atoms with Crippen molar-refractivity contribution in [2.75, 3.05) is 43.5 Å². The Balaban J connectivity index is 0.879. The van der Waals surface area contributed by atoms with E-state index in [2.05, 4.69) is 44.4 Å². The van der Waals surface area contributed by atoms with Gasteiger partial charge in [0.05, 0.1) is 6.61 Å². The van der Waals surface area contributed by atoms with E-state index in [1.54, 1.807) is 12.1 Å². The number of para-hydroxylation sites is 1. The first-order valence-electron chi connectivity index (χ1n) is 18.5. The number of halogens is 1. The Bertz CT molecular complexity index is 2090. The van der Waals surface area contributed by atoms with Crippen LogP contribution in [0.1, 0.15) is 82.6 Å². The Kier molecular flexibility index (Phi) is 9.41. The predicted molar refractivity (Wildman–Crippen MR) is 206 cm³/mol. The van der Waals surface area contributed by atoms with E-state index in [1.165, 1.54) is 16.9 Å². The third-order valence-corrected chi connectivity index (χ3v) is 12.5. The second-order valence-electron chi connectivity index (χ2n) is 15.3. The summed E-state index contributed by atoms with van der Waals surface area (Å²) in [6.45, 7) is 5.00. The van der Waals surface area contributed by atoms with Gasteiger partial charge < -0.3 is 25.0 Å². The van der Waals surface area contributed by atoms with Crippen molar-refractivity contribution in [2.24, 2.45) is 10.4 Å². The molecule has 0 radical (unpaired) electrons. The maximum atomic E-state index is 15.2. The number of carboxylic acids is 1. The number of carbonyl (C=O) groups is 1. The molecule has 274 valence electrons. The quantitative estimate of drug-likeness (QED) is 0.0997. The van der Waals surface area contributed by atoms with Crippen molar-refractivity contribution in [1.29, 1.82) is 0 Å². The molecule has 0 spiro atoms. The van der Waals surface area contributed by atoms with Gasteiger partial charge in [0.15, 0.2) is 34.0 Å². The zero-order valence-electron chi connectivity index (χ0n) is 30.3. The minimum atomic E-state index is -1.08. The molecule has 2 aromatic heterocycles. The molecule has 3 aliphatic carbocycles. The lowest BCUT2D eigenvalue weighted by molar-refractivity contribution is -0.153. The topological polar surface area (TPSA) is 116 Å². The Morgan fingerprint density at radius 1 is 1.21 bits per heavy atom. The van der Waals surface area contributed by atoms with Crippen LogP contribution in [0.5, 0.6) is 5.75 Å². The number of carboxylic acid groups (broad SMARTS) is 1. The number of rotatable bonds is 14. The first kappa shape index (κ1) is 35.2. The number of thiazole rings is 1. The molecule has 0 amide bonds. The number of nitrogens with one attached hydrogen (secondary N) is 1. The fourth-order valence-electron chi connectivity index (χ4n) is 8.96. The number of ether oxygens (including phenoxy) is 1. The van der Waals surface area contributed by atoms with Crippen LogP contribution in [-0.4, -0.2) is 70.3 Å². The summed E-state index contributed by atoms with van der Waals surface area (Å²) in [5, 5.41) is 23.1. The maximum Gasteiger partial charge on any atom is 0.355 e. The number of amidine groups is 1. The van der Waals surface area contributed by atoms with Crippen LogP contribution in [0, 0.1) is 30.5 Å². The van der Waals surface area contributed by atoms with Gasteiger partial charge in [0, 0.05) is 47.6 Å². The van der Waals surface area contributed by atoms with E-state index in [0.717, 1.165) is 86.2 Å². The van der Waals surface area contributed by atoms with Crippen molar-refractivity contribution in [3.8, 4) is 18.1 Å². The van der Waals surface area contributed by atoms with Gasteiger partial charge >= 0.3 is 5.97 Å². The van der Waals surface area contributed by atoms with Gasteiger partial charge in [-0.3, -0.25) is 0 Å². The highest BCUT2D eigenvalue weighted by Gasteiger charge is 2.68. The maximum absolute atomic E-state index is 15.2. The largest absolute Gasteiger partial charge is 0.491 e. The summed E-state index contributed by atoms with van der Waals surface area (Å²) in [5.74, 6) is 3.62. The third-order valence-electron chi connectivity index (χ3n) is 11.3. The van der Waals surface area contributed by atoms with Crippen LogP contribution in [0.4, 0.5) is 26.8 Å². The monoisotopic (exact) mass is 733 g/mol. The van der Waals surface area contributed by atoms with Crippen LogP contribution in [0.25, 0.3) is 0 Å². The molecule has 5 aliphatic rings. The summed E-state index contributed by atoms with van der Waals surface area (Å²) in [4.78, 5) is 26.6. The SMILES string of the molecule is C#CCCCN(C)CC12CC(c3ccc(OCCCc4sc(N5CCCc6c5nnc(N=C5Cc7ccccc7N5)c6C)nc4C(=O)O)c(F)c3)(C1)C2. The van der Waals surface area contributed by atoms with Crippen LogP contribution in [0.3, 0.4) is 0 Å². The minimum Gasteiger partial charge on any atom is -0.491 e. The van der Waals surface area contributed by atoms with Crippen LogP contribution in [0.2, 0.25) is 0 Å². The summed E-state index contributed by atoms with van der Waals surface area (Å²) >= 11 is 1.35. The van der Waals surface area contributed by atoms with Gasteiger partial charge in [-0.15, -0.1) is 33.9 Å². The van der Waals surface area contributed by atoms with Gasteiger partial charge in [-0.2, -0.15) is 0 Å². The van der Waals surface area contributed by atoms with Crippen molar-refractivity contribution < 1.29 is 19.0 Å². The number of aromatic carboxylic acids is 1. The van der Waals surface area contributed by atoms with Crippen molar-refractivity contribution >= 4 is 45.6 Å². The highest BCUT2D eigenvalue weighted by atomic mass is 32.1.